The van der Waals surface area contributed by atoms with Gasteiger partial charge in [-0.25, -0.2) is 0 Å². The summed E-state index contributed by atoms with van der Waals surface area (Å²) in [6.07, 6.45) is 1.16. The van der Waals surface area contributed by atoms with Crippen molar-refractivity contribution in [2.24, 2.45) is 0 Å². The van der Waals surface area contributed by atoms with Crippen LogP contribution in [0.5, 0.6) is 17.2 Å². The Morgan fingerprint density at radius 3 is 2.36 bits per heavy atom. The lowest BCUT2D eigenvalue weighted by Gasteiger charge is -2.34. The molecule has 2 aliphatic heterocycles. The molecule has 0 radical (unpaired) electrons. The van der Waals surface area contributed by atoms with E-state index in [4.69, 9.17) is 25.8 Å². The van der Waals surface area contributed by atoms with E-state index in [9.17, 15) is 9.59 Å². The molecule has 0 atom stereocenters. The number of benzene rings is 2. The van der Waals surface area contributed by atoms with Crippen LogP contribution in [-0.4, -0.2) is 74.7 Å². The third-order valence-electron chi connectivity index (χ3n) is 5.78. The van der Waals surface area contributed by atoms with E-state index in [1.807, 2.05) is 34.1 Å². The number of ether oxygens (including phenoxy) is 3. The number of piperazine rings is 1. The molecule has 8 nitrogen and oxygen atoms in total. The van der Waals surface area contributed by atoms with Gasteiger partial charge in [-0.1, -0.05) is 23.7 Å². The van der Waals surface area contributed by atoms with Crippen molar-refractivity contribution in [2.75, 3.05) is 58.4 Å². The normalized spacial score (nSPS) is 15.8. The molecule has 33 heavy (non-hydrogen) atoms. The lowest BCUT2D eigenvalue weighted by molar-refractivity contribution is -0.133. The number of hydrogen-bond donors (Lipinski definition) is 1. The molecule has 4 rings (SSSR count). The maximum atomic E-state index is 12.6. The molecule has 2 aromatic rings. The molecule has 2 amide bonds. The van der Waals surface area contributed by atoms with Gasteiger partial charge in [-0.15, -0.1) is 0 Å². The second-order valence-corrected chi connectivity index (χ2v) is 8.44. The molecule has 0 aliphatic carbocycles. The highest BCUT2D eigenvalue weighted by molar-refractivity contribution is 6.34. The Balaban J connectivity index is 1.21. The van der Waals surface area contributed by atoms with E-state index < -0.39 is 0 Å². The zero-order valence-electron chi connectivity index (χ0n) is 18.6. The van der Waals surface area contributed by atoms with Gasteiger partial charge >= 0.3 is 0 Å². The van der Waals surface area contributed by atoms with Crippen LogP contribution in [0.4, 0.5) is 5.69 Å². The first kappa shape index (κ1) is 23.2. The van der Waals surface area contributed by atoms with E-state index in [2.05, 4.69) is 5.32 Å². The summed E-state index contributed by atoms with van der Waals surface area (Å²) in [4.78, 5) is 29.0. The highest BCUT2D eigenvalue weighted by Crippen LogP contribution is 2.37. The third-order valence-corrected chi connectivity index (χ3v) is 6.10. The van der Waals surface area contributed by atoms with Crippen molar-refractivity contribution in [3.05, 3.63) is 47.0 Å². The summed E-state index contributed by atoms with van der Waals surface area (Å²) >= 11 is 6.28. The number of carbonyl (C=O) groups is 2. The number of amides is 2. The topological polar surface area (TPSA) is 80.3 Å². The van der Waals surface area contributed by atoms with Crippen molar-refractivity contribution >= 4 is 29.1 Å². The first-order chi connectivity index (χ1) is 16.0. The van der Waals surface area contributed by atoms with Gasteiger partial charge in [0.1, 0.15) is 19.0 Å². The zero-order chi connectivity index (χ0) is 23.2. The maximum absolute atomic E-state index is 12.6. The molecule has 2 heterocycles. The van der Waals surface area contributed by atoms with Crippen molar-refractivity contribution in [2.45, 2.75) is 12.8 Å². The predicted molar refractivity (Wildman–Crippen MR) is 125 cm³/mol. The predicted octanol–water partition coefficient (Wildman–Crippen LogP) is 2.84. The van der Waals surface area contributed by atoms with E-state index in [0.717, 1.165) is 11.3 Å². The fourth-order valence-electron chi connectivity index (χ4n) is 3.91. The molecule has 0 unspecified atom stereocenters. The lowest BCUT2D eigenvalue weighted by atomic mass is 10.1. The quantitative estimate of drug-likeness (QED) is 0.666. The van der Waals surface area contributed by atoms with Crippen LogP contribution in [-0.2, 0) is 16.0 Å². The molecule has 1 fully saturated rings. The highest BCUT2D eigenvalue weighted by atomic mass is 35.5. The average molecular weight is 474 g/mol. The number of rotatable bonds is 7. The Hall–Kier alpha value is -2.97. The molecule has 2 aliphatic rings. The van der Waals surface area contributed by atoms with Crippen LogP contribution in [0, 0.1) is 0 Å². The summed E-state index contributed by atoms with van der Waals surface area (Å²) in [5.74, 6) is 1.94. The van der Waals surface area contributed by atoms with E-state index >= 15 is 0 Å². The summed E-state index contributed by atoms with van der Waals surface area (Å²) in [5.41, 5.74) is 1.61. The Morgan fingerprint density at radius 1 is 1.03 bits per heavy atom. The second kappa shape index (κ2) is 10.8. The minimum absolute atomic E-state index is 0.137. The highest BCUT2D eigenvalue weighted by Gasteiger charge is 2.23. The number of nitrogens with zero attached hydrogens (tertiary/aromatic N) is 2. The van der Waals surface area contributed by atoms with Gasteiger partial charge in [0.25, 0.3) is 0 Å². The van der Waals surface area contributed by atoms with Crippen LogP contribution in [0.25, 0.3) is 0 Å². The minimum atomic E-state index is -0.159. The lowest BCUT2D eigenvalue weighted by Crippen LogP contribution is -2.50. The Morgan fingerprint density at radius 2 is 1.70 bits per heavy atom. The van der Waals surface area contributed by atoms with Crippen molar-refractivity contribution in [3.8, 4) is 17.2 Å². The van der Waals surface area contributed by atoms with Gasteiger partial charge in [-0.05, 0) is 24.1 Å². The third kappa shape index (κ3) is 6.09. The van der Waals surface area contributed by atoms with Crippen molar-refractivity contribution in [1.29, 1.82) is 0 Å². The summed E-state index contributed by atoms with van der Waals surface area (Å²) in [6, 6.07) is 11.1. The van der Waals surface area contributed by atoms with Crippen LogP contribution in [0.3, 0.4) is 0 Å². The molecule has 176 valence electrons. The number of nitrogens with one attached hydrogen (secondary N) is 1. The Kier molecular flexibility index (Phi) is 7.57. The molecule has 0 spiro atoms. The number of hydrogen-bond acceptors (Lipinski definition) is 6. The monoisotopic (exact) mass is 473 g/mol. The fraction of sp³-hybridized carbons (Fsp3) is 0.417. The second-order valence-electron chi connectivity index (χ2n) is 8.03. The smallest absolute Gasteiger partial charge is 0.238 e. The summed E-state index contributed by atoms with van der Waals surface area (Å²) in [5, 5.41) is 3.25. The molecule has 9 heteroatoms. The van der Waals surface area contributed by atoms with E-state index in [1.165, 1.54) is 0 Å². The number of anilines is 1. The van der Waals surface area contributed by atoms with Crippen LogP contribution < -0.4 is 19.5 Å². The van der Waals surface area contributed by atoms with Gasteiger partial charge < -0.3 is 24.4 Å². The molecule has 0 bridgehead atoms. The van der Waals surface area contributed by atoms with Gasteiger partial charge in [0.2, 0.25) is 11.8 Å². The van der Waals surface area contributed by atoms with Gasteiger partial charge in [0, 0.05) is 44.7 Å². The molecular formula is C24H28ClN3O5. The standard InChI is InChI=1S/C24H28ClN3O5/c1-31-18-5-2-17(3-6-18)4-7-24(30)28-10-8-27(9-11-28)16-23(29)26-20-15-22-21(14-19(20)25)32-12-13-33-22/h2-3,5-6,14-15H,4,7-13,16H2,1H3,(H,26,29). The SMILES string of the molecule is COc1ccc(CCC(=O)N2CCN(CC(=O)Nc3cc4c(cc3Cl)OCCO4)CC2)cc1. The maximum Gasteiger partial charge on any atom is 0.238 e. The van der Waals surface area contributed by atoms with Gasteiger partial charge in [0.05, 0.1) is 24.4 Å². The van der Waals surface area contributed by atoms with Gasteiger partial charge in [0.15, 0.2) is 11.5 Å². The van der Waals surface area contributed by atoms with Crippen LogP contribution in [0.15, 0.2) is 36.4 Å². The molecule has 0 saturated carbocycles. The van der Waals surface area contributed by atoms with Crippen molar-refractivity contribution < 1.29 is 23.8 Å². The first-order valence-corrected chi connectivity index (χ1v) is 11.4. The van der Waals surface area contributed by atoms with E-state index in [0.29, 0.717) is 74.4 Å². The van der Waals surface area contributed by atoms with E-state index in [1.54, 1.807) is 19.2 Å². The first-order valence-electron chi connectivity index (χ1n) is 11.0. The molecule has 1 N–H and O–H groups in total. The summed E-state index contributed by atoms with van der Waals surface area (Å²) < 4.78 is 16.2. The van der Waals surface area contributed by atoms with Crippen LogP contribution in [0.2, 0.25) is 5.02 Å². The van der Waals surface area contributed by atoms with Crippen molar-refractivity contribution in [3.63, 3.8) is 0 Å². The summed E-state index contributed by atoms with van der Waals surface area (Å²) in [6.45, 7) is 3.70. The van der Waals surface area contributed by atoms with E-state index in [-0.39, 0.29) is 18.4 Å². The average Bonchev–Trinajstić information content (AvgIpc) is 2.83. The van der Waals surface area contributed by atoms with Crippen LogP contribution in [0.1, 0.15) is 12.0 Å². The van der Waals surface area contributed by atoms with Gasteiger partial charge in [-0.2, -0.15) is 0 Å². The van der Waals surface area contributed by atoms with Gasteiger partial charge in [-0.3, -0.25) is 14.5 Å². The zero-order valence-corrected chi connectivity index (χ0v) is 19.4. The molecule has 0 aromatic heterocycles. The Labute approximate surface area is 198 Å². The number of aryl methyl sites for hydroxylation is 1. The van der Waals surface area contributed by atoms with Crippen LogP contribution >= 0.6 is 11.6 Å². The number of halogens is 1. The molecule has 2 aromatic carbocycles. The number of methoxy groups -OCH3 is 1. The summed E-state index contributed by atoms with van der Waals surface area (Å²) in [7, 11) is 1.63. The molecule has 1 saturated heterocycles. The largest absolute Gasteiger partial charge is 0.497 e. The van der Waals surface area contributed by atoms with Crippen molar-refractivity contribution in [1.82, 2.24) is 9.80 Å². The minimum Gasteiger partial charge on any atom is -0.497 e. The number of carbonyl (C=O) groups excluding carboxylic acids is 2. The fourth-order valence-corrected chi connectivity index (χ4v) is 4.11. The molecular weight excluding hydrogens is 446 g/mol. The number of fused-ring (bicyclic) bond motifs is 1. The Bertz CT molecular complexity index is 990.